The Kier molecular flexibility index (Phi) is 8.85. The smallest absolute Gasteiger partial charge is 0.308 e. The van der Waals surface area contributed by atoms with Crippen molar-refractivity contribution < 1.29 is 23.0 Å². The third-order valence-corrected chi connectivity index (χ3v) is 7.10. The van der Waals surface area contributed by atoms with Crippen molar-refractivity contribution in [3.63, 3.8) is 0 Å². The minimum Gasteiger partial charge on any atom is -0.308 e. The zero-order valence-corrected chi connectivity index (χ0v) is 20.2. The minimum absolute atomic E-state index is 0.229. The van der Waals surface area contributed by atoms with E-state index in [0.29, 0.717) is 13.2 Å². The van der Waals surface area contributed by atoms with E-state index >= 15 is 0 Å². The first-order valence-corrected chi connectivity index (χ1v) is 11.7. The summed E-state index contributed by atoms with van der Waals surface area (Å²) in [5.41, 5.74) is 0.205. The van der Waals surface area contributed by atoms with Gasteiger partial charge in [-0.25, -0.2) is 4.57 Å². The van der Waals surface area contributed by atoms with Crippen LogP contribution in [-0.4, -0.2) is 29.6 Å². The summed E-state index contributed by atoms with van der Waals surface area (Å²) in [4.78, 5) is 6.47. The minimum atomic E-state index is -3.47. The molecule has 0 amide bonds. The Morgan fingerprint density at radius 1 is 1.11 bits per heavy atom. The van der Waals surface area contributed by atoms with Crippen LogP contribution in [0, 0.1) is 5.41 Å². The number of aryl methyl sites for hydroxylation is 1. The number of hydroxylamine groups is 2. The second kappa shape index (κ2) is 9.82. The van der Waals surface area contributed by atoms with Crippen molar-refractivity contribution in [1.29, 1.82) is 0 Å². The molecule has 0 spiro atoms. The number of hydrogen-bond acceptors (Lipinski definition) is 5. The number of aromatic nitrogens is 1. The SMILES string of the molecule is CCOP(=O)(OCC)C(N(OC(C)c1ccc[n+](C)c1)C(C)(C)C)C(C)(C)C. The fourth-order valence-corrected chi connectivity index (χ4v) is 5.84. The van der Waals surface area contributed by atoms with Crippen molar-refractivity contribution in [3.8, 4) is 0 Å². The Hall–Kier alpha value is -0.780. The van der Waals surface area contributed by atoms with Crippen molar-refractivity contribution in [2.45, 2.75) is 79.7 Å². The highest BCUT2D eigenvalue weighted by Crippen LogP contribution is 2.61. The van der Waals surface area contributed by atoms with Crippen molar-refractivity contribution in [1.82, 2.24) is 5.06 Å². The molecule has 0 N–H and O–H groups in total. The third-order valence-electron chi connectivity index (χ3n) is 4.28. The van der Waals surface area contributed by atoms with Crippen LogP contribution in [0.15, 0.2) is 24.5 Å². The van der Waals surface area contributed by atoms with Crippen LogP contribution in [0.1, 0.15) is 74.0 Å². The van der Waals surface area contributed by atoms with Gasteiger partial charge < -0.3 is 9.05 Å². The van der Waals surface area contributed by atoms with Gasteiger partial charge in [-0.05, 0) is 53.0 Å². The lowest BCUT2D eigenvalue weighted by molar-refractivity contribution is -0.672. The van der Waals surface area contributed by atoms with Gasteiger partial charge in [0.05, 0.1) is 13.2 Å². The Balaban J connectivity index is 3.41. The molecule has 0 aliphatic heterocycles. The van der Waals surface area contributed by atoms with Crippen LogP contribution in [0.3, 0.4) is 0 Å². The lowest BCUT2D eigenvalue weighted by Crippen LogP contribution is -2.53. The molecule has 1 rings (SSSR count). The van der Waals surface area contributed by atoms with E-state index in [0.717, 1.165) is 5.56 Å². The molecule has 0 saturated carbocycles. The molecule has 0 fully saturated rings. The summed E-state index contributed by atoms with van der Waals surface area (Å²) < 4.78 is 27.3. The van der Waals surface area contributed by atoms with E-state index in [4.69, 9.17) is 13.9 Å². The van der Waals surface area contributed by atoms with Crippen LogP contribution in [0.25, 0.3) is 0 Å². The summed E-state index contributed by atoms with van der Waals surface area (Å²) in [6.07, 6.45) is 3.78. The van der Waals surface area contributed by atoms with E-state index in [9.17, 15) is 4.57 Å². The maximum Gasteiger partial charge on any atom is 0.350 e. The van der Waals surface area contributed by atoms with Gasteiger partial charge in [-0.3, -0.25) is 9.40 Å². The van der Waals surface area contributed by atoms with Gasteiger partial charge in [-0.15, -0.1) is 0 Å². The Morgan fingerprint density at radius 2 is 1.64 bits per heavy atom. The van der Waals surface area contributed by atoms with Gasteiger partial charge in [0.1, 0.15) is 18.9 Å². The fourth-order valence-electron chi connectivity index (χ4n) is 3.16. The summed E-state index contributed by atoms with van der Waals surface area (Å²) in [5, 5.41) is 1.83. The molecule has 0 aliphatic carbocycles. The fraction of sp³-hybridized carbons (Fsp3) is 0.762. The highest BCUT2D eigenvalue weighted by molar-refractivity contribution is 7.54. The molecule has 0 aromatic carbocycles. The molecule has 0 saturated heterocycles. The van der Waals surface area contributed by atoms with Gasteiger partial charge in [0, 0.05) is 17.2 Å². The summed E-state index contributed by atoms with van der Waals surface area (Å²) >= 11 is 0. The van der Waals surface area contributed by atoms with E-state index in [1.54, 1.807) is 0 Å². The third kappa shape index (κ3) is 6.64. The molecular weight excluding hydrogens is 375 g/mol. The molecule has 2 atom stereocenters. The summed E-state index contributed by atoms with van der Waals surface area (Å²) in [6.45, 7) is 18.6. The molecule has 0 bridgehead atoms. The van der Waals surface area contributed by atoms with Crippen LogP contribution < -0.4 is 4.57 Å². The first kappa shape index (κ1) is 25.3. The molecule has 1 heterocycles. The zero-order chi connectivity index (χ0) is 21.8. The molecule has 162 valence electrons. The predicted octanol–water partition coefficient (Wildman–Crippen LogP) is 5.24. The molecule has 1 aromatic rings. The van der Waals surface area contributed by atoms with E-state index < -0.39 is 24.3 Å². The van der Waals surface area contributed by atoms with E-state index in [-0.39, 0.29) is 6.10 Å². The summed E-state index contributed by atoms with van der Waals surface area (Å²) in [7, 11) is -1.48. The molecule has 0 aliphatic rings. The lowest BCUT2D eigenvalue weighted by atomic mass is 9.94. The molecular formula is C21H40N2O4P+. The maximum atomic E-state index is 13.9. The van der Waals surface area contributed by atoms with Crippen LogP contribution in [0.2, 0.25) is 0 Å². The Bertz CT molecular complexity index is 657. The average molecular weight is 416 g/mol. The lowest BCUT2D eigenvalue weighted by Gasteiger charge is -2.48. The van der Waals surface area contributed by atoms with Gasteiger partial charge in [-0.2, -0.15) is 5.06 Å². The molecule has 2 unspecified atom stereocenters. The zero-order valence-electron chi connectivity index (χ0n) is 19.4. The first-order valence-electron chi connectivity index (χ1n) is 10.1. The molecule has 1 aromatic heterocycles. The number of pyridine rings is 1. The Labute approximate surface area is 171 Å². The molecule has 7 heteroatoms. The largest absolute Gasteiger partial charge is 0.350 e. The average Bonchev–Trinajstić information content (AvgIpc) is 2.52. The van der Waals surface area contributed by atoms with Gasteiger partial charge >= 0.3 is 7.60 Å². The topological polar surface area (TPSA) is 51.9 Å². The van der Waals surface area contributed by atoms with Crippen LogP contribution in [0.5, 0.6) is 0 Å². The number of nitrogens with zero attached hydrogens (tertiary/aromatic N) is 2. The normalized spacial score (nSPS) is 15.7. The van der Waals surface area contributed by atoms with Crippen LogP contribution in [0.4, 0.5) is 0 Å². The van der Waals surface area contributed by atoms with Crippen LogP contribution in [-0.2, 0) is 25.5 Å². The van der Waals surface area contributed by atoms with E-state index in [1.807, 2.05) is 104 Å². The van der Waals surface area contributed by atoms with Gasteiger partial charge in [0.15, 0.2) is 12.4 Å². The number of hydrogen-bond donors (Lipinski definition) is 0. The highest BCUT2D eigenvalue weighted by Gasteiger charge is 2.51. The number of rotatable bonds is 9. The van der Waals surface area contributed by atoms with E-state index in [2.05, 4.69) is 0 Å². The first-order chi connectivity index (χ1) is 12.8. The quantitative estimate of drug-likeness (QED) is 0.313. The monoisotopic (exact) mass is 415 g/mol. The van der Waals surface area contributed by atoms with Gasteiger partial charge in [-0.1, -0.05) is 20.8 Å². The van der Waals surface area contributed by atoms with Crippen molar-refractivity contribution in [2.24, 2.45) is 12.5 Å². The van der Waals surface area contributed by atoms with Gasteiger partial charge in [0.2, 0.25) is 0 Å². The summed E-state index contributed by atoms with van der Waals surface area (Å²) in [5.74, 6) is -0.570. The summed E-state index contributed by atoms with van der Waals surface area (Å²) in [6, 6.07) is 4.02. The van der Waals surface area contributed by atoms with Gasteiger partial charge in [0.25, 0.3) is 0 Å². The molecule has 28 heavy (non-hydrogen) atoms. The predicted molar refractivity (Wildman–Crippen MR) is 113 cm³/mol. The standard InChI is InChI=1S/C21H40N2O4P/c1-11-25-28(24,26-12-2)19(20(4,5)6)23(21(7,8)9)27-17(3)18-14-13-15-22(10)16-18/h13-17,19H,11-12H2,1-10H3/q+1. The van der Waals surface area contributed by atoms with Crippen molar-refractivity contribution in [3.05, 3.63) is 30.1 Å². The second-order valence-electron chi connectivity index (χ2n) is 9.16. The maximum absolute atomic E-state index is 13.9. The Morgan fingerprint density at radius 3 is 2.04 bits per heavy atom. The van der Waals surface area contributed by atoms with Crippen molar-refractivity contribution >= 4 is 7.60 Å². The second-order valence-corrected chi connectivity index (χ2v) is 11.2. The van der Waals surface area contributed by atoms with E-state index in [1.165, 1.54) is 0 Å². The highest BCUT2D eigenvalue weighted by atomic mass is 31.2. The molecule has 6 nitrogen and oxygen atoms in total. The molecule has 0 radical (unpaired) electrons. The van der Waals surface area contributed by atoms with Crippen molar-refractivity contribution in [2.75, 3.05) is 13.2 Å². The van der Waals surface area contributed by atoms with Crippen LogP contribution >= 0.6 is 7.60 Å².